The molecule has 1 saturated heterocycles. The van der Waals surface area contributed by atoms with E-state index < -0.39 is 6.10 Å². The highest BCUT2D eigenvalue weighted by molar-refractivity contribution is 5.82. The number of piperidine rings is 1. The van der Waals surface area contributed by atoms with E-state index in [0.717, 1.165) is 31.5 Å². The van der Waals surface area contributed by atoms with Crippen LogP contribution in [0.1, 0.15) is 43.8 Å². The van der Waals surface area contributed by atoms with E-state index in [9.17, 15) is 14.3 Å². The Morgan fingerprint density at radius 3 is 2.30 bits per heavy atom. The number of rotatable bonds is 3. The summed E-state index contributed by atoms with van der Waals surface area (Å²) >= 11 is 0. The first-order chi connectivity index (χ1) is 11.1. The van der Waals surface area contributed by atoms with Crippen LogP contribution in [0, 0.1) is 29.5 Å². The number of aliphatic hydroxyl groups excluding tert-OH is 1. The van der Waals surface area contributed by atoms with E-state index in [0.29, 0.717) is 23.7 Å². The lowest BCUT2D eigenvalue weighted by atomic mass is 9.87. The number of halogens is 1. The van der Waals surface area contributed by atoms with E-state index in [1.807, 2.05) is 4.90 Å². The maximum absolute atomic E-state index is 13.0. The molecule has 1 aromatic carbocycles. The van der Waals surface area contributed by atoms with Gasteiger partial charge in [-0.1, -0.05) is 18.6 Å². The molecule has 2 aliphatic carbocycles. The van der Waals surface area contributed by atoms with Crippen LogP contribution in [0.25, 0.3) is 0 Å². The molecule has 23 heavy (non-hydrogen) atoms. The lowest BCUT2D eigenvalue weighted by Crippen LogP contribution is -2.41. The summed E-state index contributed by atoms with van der Waals surface area (Å²) in [5, 5.41) is 10.5. The van der Waals surface area contributed by atoms with Crippen molar-refractivity contribution in [3.63, 3.8) is 0 Å². The normalized spacial score (nSPS) is 31.7. The Balaban J connectivity index is 1.32. The maximum atomic E-state index is 13.0. The fraction of sp³-hybridized carbons (Fsp3) is 0.632. The van der Waals surface area contributed by atoms with Crippen LogP contribution in [-0.2, 0) is 4.79 Å². The third kappa shape index (κ3) is 2.78. The molecule has 1 amide bonds. The largest absolute Gasteiger partial charge is 0.388 e. The van der Waals surface area contributed by atoms with Crippen molar-refractivity contribution in [1.82, 2.24) is 4.90 Å². The van der Waals surface area contributed by atoms with Crippen LogP contribution in [0.5, 0.6) is 0 Å². The Morgan fingerprint density at radius 1 is 1.09 bits per heavy atom. The summed E-state index contributed by atoms with van der Waals surface area (Å²) in [5.74, 6) is 1.88. The highest BCUT2D eigenvalue weighted by Crippen LogP contribution is 2.58. The van der Waals surface area contributed by atoms with Crippen molar-refractivity contribution in [3.8, 4) is 0 Å². The van der Waals surface area contributed by atoms with Crippen LogP contribution in [-0.4, -0.2) is 29.0 Å². The molecule has 0 bridgehead atoms. The van der Waals surface area contributed by atoms with Gasteiger partial charge >= 0.3 is 0 Å². The van der Waals surface area contributed by atoms with Crippen molar-refractivity contribution in [3.05, 3.63) is 35.6 Å². The van der Waals surface area contributed by atoms with Crippen LogP contribution in [0.2, 0.25) is 0 Å². The fourth-order valence-corrected chi connectivity index (χ4v) is 4.77. The van der Waals surface area contributed by atoms with Gasteiger partial charge in [0.25, 0.3) is 0 Å². The van der Waals surface area contributed by atoms with Crippen molar-refractivity contribution in [2.75, 3.05) is 13.1 Å². The van der Waals surface area contributed by atoms with Crippen molar-refractivity contribution < 1.29 is 14.3 Å². The number of hydrogen-bond donors (Lipinski definition) is 1. The molecular formula is C19H24FNO2. The zero-order chi connectivity index (χ0) is 16.0. The van der Waals surface area contributed by atoms with Gasteiger partial charge in [-0.05, 0) is 61.1 Å². The number of amides is 1. The number of nitrogens with zero attached hydrogens (tertiary/aromatic N) is 1. The molecular weight excluding hydrogens is 293 g/mol. The summed E-state index contributed by atoms with van der Waals surface area (Å²) in [6, 6.07) is 6.10. The summed E-state index contributed by atoms with van der Waals surface area (Å²) in [5.41, 5.74) is 0.771. The summed E-state index contributed by atoms with van der Waals surface area (Å²) in [7, 11) is 0. The smallest absolute Gasteiger partial charge is 0.226 e. The Hall–Kier alpha value is -1.42. The zero-order valence-electron chi connectivity index (χ0n) is 13.3. The van der Waals surface area contributed by atoms with E-state index in [-0.39, 0.29) is 11.7 Å². The second kappa shape index (κ2) is 5.90. The molecule has 1 aromatic rings. The maximum Gasteiger partial charge on any atom is 0.226 e. The molecule has 4 heteroatoms. The molecule has 0 radical (unpaired) electrons. The number of fused-ring (bicyclic) bond motifs is 1. The average molecular weight is 317 g/mol. The molecule has 3 aliphatic rings. The molecule has 1 aliphatic heterocycles. The third-order valence-corrected chi connectivity index (χ3v) is 6.20. The molecule has 3 nitrogen and oxygen atoms in total. The standard InChI is InChI=1S/C19H24FNO2/c20-14-6-4-12(5-7-14)18(22)13-8-10-21(11-9-13)19(23)17-15-2-1-3-16(15)17/h4-7,13,15-18,22H,1-3,8-11H2. The number of carbonyl (C=O) groups is 1. The molecule has 1 N–H and O–H groups in total. The first-order valence-corrected chi connectivity index (χ1v) is 8.87. The van der Waals surface area contributed by atoms with Crippen LogP contribution in [0.4, 0.5) is 4.39 Å². The van der Waals surface area contributed by atoms with Gasteiger partial charge in [-0.15, -0.1) is 0 Å². The first kappa shape index (κ1) is 15.1. The summed E-state index contributed by atoms with van der Waals surface area (Å²) < 4.78 is 13.0. The van der Waals surface area contributed by atoms with Crippen molar-refractivity contribution >= 4 is 5.91 Å². The highest BCUT2D eigenvalue weighted by Gasteiger charge is 2.57. The van der Waals surface area contributed by atoms with E-state index >= 15 is 0 Å². The predicted octanol–water partition coefficient (Wildman–Crippen LogP) is 3.14. The van der Waals surface area contributed by atoms with Crippen molar-refractivity contribution in [1.29, 1.82) is 0 Å². The van der Waals surface area contributed by atoms with Gasteiger partial charge in [-0.3, -0.25) is 4.79 Å². The Labute approximate surface area is 136 Å². The van der Waals surface area contributed by atoms with Gasteiger partial charge in [-0.2, -0.15) is 0 Å². The van der Waals surface area contributed by atoms with Gasteiger partial charge in [0.05, 0.1) is 6.10 Å². The molecule has 1 heterocycles. The van der Waals surface area contributed by atoms with E-state index in [1.165, 1.54) is 31.4 Å². The van der Waals surface area contributed by atoms with Gasteiger partial charge in [0.15, 0.2) is 0 Å². The summed E-state index contributed by atoms with van der Waals surface area (Å²) in [6.07, 6.45) is 4.86. The Bertz CT molecular complexity index is 570. The highest BCUT2D eigenvalue weighted by atomic mass is 19.1. The fourth-order valence-electron chi connectivity index (χ4n) is 4.77. The molecule has 2 saturated carbocycles. The van der Waals surface area contributed by atoms with Gasteiger partial charge in [-0.25, -0.2) is 4.39 Å². The minimum absolute atomic E-state index is 0.156. The lowest BCUT2D eigenvalue weighted by molar-refractivity contribution is -0.135. The van der Waals surface area contributed by atoms with Gasteiger partial charge < -0.3 is 10.0 Å². The molecule has 124 valence electrons. The Kier molecular flexibility index (Phi) is 3.88. The van der Waals surface area contributed by atoms with Crippen LogP contribution < -0.4 is 0 Å². The number of benzene rings is 1. The molecule has 3 fully saturated rings. The molecule has 4 rings (SSSR count). The molecule has 3 unspecified atom stereocenters. The SMILES string of the molecule is O=C(C1C2CCCC21)N1CCC(C(O)c2ccc(F)cc2)CC1. The molecule has 0 aromatic heterocycles. The van der Waals surface area contributed by atoms with E-state index in [1.54, 1.807) is 12.1 Å². The minimum Gasteiger partial charge on any atom is -0.388 e. The van der Waals surface area contributed by atoms with Gasteiger partial charge in [0.2, 0.25) is 5.91 Å². The molecule has 0 spiro atoms. The van der Waals surface area contributed by atoms with Gasteiger partial charge in [0, 0.05) is 19.0 Å². The lowest BCUT2D eigenvalue weighted by Gasteiger charge is -2.34. The first-order valence-electron chi connectivity index (χ1n) is 8.87. The average Bonchev–Trinajstić information content (AvgIpc) is 3.06. The van der Waals surface area contributed by atoms with Crippen LogP contribution >= 0.6 is 0 Å². The second-order valence-corrected chi connectivity index (χ2v) is 7.44. The Morgan fingerprint density at radius 2 is 1.70 bits per heavy atom. The molecule has 3 atom stereocenters. The minimum atomic E-state index is -0.562. The number of aliphatic hydroxyl groups is 1. The van der Waals surface area contributed by atoms with Crippen molar-refractivity contribution in [2.24, 2.45) is 23.7 Å². The third-order valence-electron chi connectivity index (χ3n) is 6.20. The second-order valence-electron chi connectivity index (χ2n) is 7.44. The number of hydrogen-bond acceptors (Lipinski definition) is 2. The monoisotopic (exact) mass is 317 g/mol. The summed E-state index contributed by atoms with van der Waals surface area (Å²) in [6.45, 7) is 1.50. The van der Waals surface area contributed by atoms with Crippen LogP contribution in [0.15, 0.2) is 24.3 Å². The van der Waals surface area contributed by atoms with Gasteiger partial charge in [0.1, 0.15) is 5.82 Å². The van der Waals surface area contributed by atoms with E-state index in [2.05, 4.69) is 0 Å². The predicted molar refractivity (Wildman–Crippen MR) is 85.0 cm³/mol. The van der Waals surface area contributed by atoms with E-state index in [4.69, 9.17) is 0 Å². The number of likely N-dealkylation sites (tertiary alicyclic amines) is 1. The quantitative estimate of drug-likeness (QED) is 0.930. The summed E-state index contributed by atoms with van der Waals surface area (Å²) in [4.78, 5) is 14.6. The topological polar surface area (TPSA) is 40.5 Å². The number of carbonyl (C=O) groups excluding carboxylic acids is 1. The van der Waals surface area contributed by atoms with Crippen molar-refractivity contribution in [2.45, 2.75) is 38.2 Å². The van der Waals surface area contributed by atoms with Crippen LogP contribution in [0.3, 0.4) is 0 Å². The zero-order valence-corrected chi connectivity index (χ0v) is 13.3.